The fourth-order valence-electron chi connectivity index (χ4n) is 7.24. The van der Waals surface area contributed by atoms with Crippen molar-refractivity contribution in [2.45, 2.75) is 185 Å². The number of epoxide rings is 1. The zero-order valence-corrected chi connectivity index (χ0v) is 43.2. The molecule has 0 spiro atoms. The maximum absolute atomic E-state index is 12.9. The van der Waals surface area contributed by atoms with E-state index < -0.39 is 83.7 Å². The van der Waals surface area contributed by atoms with Crippen LogP contribution in [0.1, 0.15) is 148 Å². The van der Waals surface area contributed by atoms with E-state index in [4.69, 9.17) is 33.7 Å². The van der Waals surface area contributed by atoms with E-state index in [2.05, 4.69) is 96.1 Å². The highest BCUT2D eigenvalue weighted by molar-refractivity contribution is 7.61. The Labute approximate surface area is 419 Å². The SMILES string of the molecule is CC/C=C\C/C=C\C/C=C\CCCCCCCC(=O)OC[C@H](COP(=O)(O)OP(=O)(O)OC[C@H]1O[C@@H](n2ccc(N)nc2=O)[C@H](O)[C@@H]1O)OC(=O)CCCC1OC1C/C=C\C/C=C\C/C=C\CCCCC. The van der Waals surface area contributed by atoms with Crippen LogP contribution in [0, 0.1) is 0 Å². The van der Waals surface area contributed by atoms with Crippen molar-refractivity contribution in [1.29, 1.82) is 0 Å². The number of nitrogens with two attached hydrogens (primary N) is 1. The van der Waals surface area contributed by atoms with E-state index in [0.29, 0.717) is 19.3 Å². The first kappa shape index (κ1) is 61.5. The minimum atomic E-state index is -5.45. The molecule has 3 rings (SSSR count). The molecule has 2 fully saturated rings. The van der Waals surface area contributed by atoms with E-state index in [9.17, 15) is 43.5 Å². The van der Waals surface area contributed by atoms with Crippen molar-refractivity contribution in [3.63, 3.8) is 0 Å². The molecule has 0 amide bonds. The van der Waals surface area contributed by atoms with Crippen LogP contribution in [0.5, 0.6) is 0 Å². The number of nitrogens with zero attached hydrogens (tertiary/aromatic N) is 2. The summed E-state index contributed by atoms with van der Waals surface area (Å²) in [5.74, 6) is -1.40. The summed E-state index contributed by atoms with van der Waals surface area (Å²) in [5.41, 5.74) is 4.58. The van der Waals surface area contributed by atoms with Gasteiger partial charge in [-0.1, -0.05) is 119 Å². The molecule has 2 aliphatic rings. The van der Waals surface area contributed by atoms with Crippen molar-refractivity contribution in [2.24, 2.45) is 0 Å². The fraction of sp³-hybridized carbons (Fsp3) is 0.640. The summed E-state index contributed by atoms with van der Waals surface area (Å²) < 4.78 is 62.5. The first-order valence-corrected chi connectivity index (χ1v) is 28.1. The van der Waals surface area contributed by atoms with Crippen LogP contribution in [0.2, 0.25) is 0 Å². The van der Waals surface area contributed by atoms with Crippen molar-refractivity contribution in [1.82, 2.24) is 9.55 Å². The number of allylic oxidation sites excluding steroid dienone is 11. The molecule has 0 aliphatic carbocycles. The fourth-order valence-corrected chi connectivity index (χ4v) is 9.35. The molecule has 2 saturated heterocycles. The third-order valence-corrected chi connectivity index (χ3v) is 13.8. The standard InChI is InChI=1S/C50H79N3O16P2/c1-3-5-7-9-11-13-15-17-18-19-21-23-25-27-29-33-45(54)63-37-40(66-46(55)34-30-32-42-41(67-42)31-28-26-24-22-20-16-14-12-10-8-6-4-2)38-64-70(59,60)69-71(61,62)65-39-43-47(56)48(57)49(68-43)53-36-35-44(51)52-50(53)58/h5,7,11-14,17-18,20,22,26,28,35-36,40-43,47-49,56-57H,3-4,6,8-10,15-16,19,21,23-25,27,29-34,37-39H2,1-2H3,(H,59,60)(H,61,62)(H2,51,52,58)/b7-5-,13-11-,14-12-,18-17-,22-20-,28-26-/t40-,41?,42?,43-,47-,48-,49-/m1/s1. The Bertz CT molecular complexity index is 2040. The largest absolute Gasteiger partial charge is 0.481 e. The number of esters is 2. The highest BCUT2D eigenvalue weighted by Crippen LogP contribution is 2.60. The predicted molar refractivity (Wildman–Crippen MR) is 270 cm³/mol. The molecular weight excluding hydrogens is 961 g/mol. The molecule has 0 aromatic carbocycles. The smallest absolute Gasteiger partial charge is 0.462 e. The molecule has 1 aromatic heterocycles. The Morgan fingerprint density at radius 1 is 0.718 bits per heavy atom. The van der Waals surface area contributed by atoms with Crippen LogP contribution < -0.4 is 11.4 Å². The number of carbonyl (C=O) groups is 2. The lowest BCUT2D eigenvalue weighted by Gasteiger charge is -2.21. The van der Waals surface area contributed by atoms with Crippen molar-refractivity contribution in [3.05, 3.63) is 95.7 Å². The minimum absolute atomic E-state index is 0.0113. The van der Waals surface area contributed by atoms with Gasteiger partial charge in [-0.3, -0.25) is 23.2 Å². The number of unbranched alkanes of at least 4 members (excludes halogenated alkanes) is 8. The van der Waals surface area contributed by atoms with Crippen LogP contribution in [-0.2, 0) is 51.0 Å². The van der Waals surface area contributed by atoms with Gasteiger partial charge in [0.15, 0.2) is 12.3 Å². The number of carbonyl (C=O) groups excluding carboxylic acids is 2. The van der Waals surface area contributed by atoms with Gasteiger partial charge in [-0.15, -0.1) is 0 Å². The number of anilines is 1. The average molecular weight is 1040 g/mol. The topological polar surface area (TPSA) is 278 Å². The summed E-state index contributed by atoms with van der Waals surface area (Å²) in [5, 5.41) is 20.9. The Hall–Kier alpha value is -3.84. The molecule has 9 atom stereocenters. The molecule has 0 bridgehead atoms. The Balaban J connectivity index is 1.43. The minimum Gasteiger partial charge on any atom is -0.462 e. The molecule has 6 N–H and O–H groups in total. The van der Waals surface area contributed by atoms with E-state index in [-0.39, 0.29) is 30.9 Å². The third-order valence-electron chi connectivity index (χ3n) is 11.2. The number of nitrogen functional groups attached to an aromatic ring is 1. The van der Waals surface area contributed by atoms with Gasteiger partial charge in [0.1, 0.15) is 30.7 Å². The Morgan fingerprint density at radius 2 is 1.31 bits per heavy atom. The van der Waals surface area contributed by atoms with Gasteiger partial charge >= 0.3 is 33.3 Å². The molecule has 19 nitrogen and oxygen atoms in total. The van der Waals surface area contributed by atoms with Crippen molar-refractivity contribution in [2.75, 3.05) is 25.6 Å². The highest BCUT2D eigenvalue weighted by atomic mass is 31.3. The monoisotopic (exact) mass is 1040 g/mol. The number of phosphoric ester groups is 2. The van der Waals surface area contributed by atoms with Crippen LogP contribution in [0.4, 0.5) is 5.82 Å². The molecule has 2 aliphatic heterocycles. The summed E-state index contributed by atoms with van der Waals surface area (Å²) >= 11 is 0. The molecule has 0 saturated carbocycles. The van der Waals surface area contributed by atoms with E-state index in [1.165, 1.54) is 25.3 Å². The van der Waals surface area contributed by atoms with Crippen LogP contribution in [0.25, 0.3) is 0 Å². The number of aliphatic hydroxyl groups is 2. The number of phosphoric acid groups is 2. The lowest BCUT2D eigenvalue weighted by Crippen LogP contribution is -2.36. The van der Waals surface area contributed by atoms with Crippen LogP contribution in [-0.4, -0.2) is 97.9 Å². The van der Waals surface area contributed by atoms with E-state index in [1.807, 2.05) is 0 Å². The number of hydrogen-bond acceptors (Lipinski definition) is 16. The van der Waals surface area contributed by atoms with E-state index in [1.54, 1.807) is 0 Å². The molecule has 4 unspecified atom stereocenters. The summed E-state index contributed by atoms with van der Waals surface area (Å²) in [7, 11) is -10.9. The zero-order chi connectivity index (χ0) is 51.7. The zero-order valence-electron chi connectivity index (χ0n) is 41.4. The van der Waals surface area contributed by atoms with Crippen molar-refractivity contribution < 1.29 is 71.0 Å². The number of rotatable bonds is 39. The third kappa shape index (κ3) is 27.7. The molecule has 400 valence electrons. The number of hydrogen-bond donors (Lipinski definition) is 5. The van der Waals surface area contributed by atoms with Gasteiger partial charge < -0.3 is 44.7 Å². The van der Waals surface area contributed by atoms with Crippen LogP contribution in [0.3, 0.4) is 0 Å². The predicted octanol–water partition coefficient (Wildman–Crippen LogP) is 9.10. The van der Waals surface area contributed by atoms with E-state index in [0.717, 1.165) is 87.8 Å². The van der Waals surface area contributed by atoms with Gasteiger partial charge in [0.2, 0.25) is 0 Å². The first-order chi connectivity index (χ1) is 34.1. The normalized spacial score (nSPS) is 22.6. The highest BCUT2D eigenvalue weighted by Gasteiger charge is 2.46. The van der Waals surface area contributed by atoms with Gasteiger partial charge in [-0.2, -0.15) is 9.29 Å². The average Bonchev–Trinajstić information content (AvgIpc) is 4.01. The lowest BCUT2D eigenvalue weighted by molar-refractivity contribution is -0.161. The number of ether oxygens (including phenoxy) is 4. The summed E-state index contributed by atoms with van der Waals surface area (Å²) in [4.78, 5) is 62.0. The Morgan fingerprint density at radius 3 is 1.97 bits per heavy atom. The molecule has 3 heterocycles. The maximum Gasteiger partial charge on any atom is 0.481 e. The number of aromatic nitrogens is 2. The van der Waals surface area contributed by atoms with Gasteiger partial charge in [-0.05, 0) is 89.5 Å². The second-order valence-electron chi connectivity index (χ2n) is 17.3. The van der Waals surface area contributed by atoms with Gasteiger partial charge in [0.05, 0.1) is 25.4 Å². The first-order valence-electron chi connectivity index (χ1n) is 25.1. The van der Waals surface area contributed by atoms with Gasteiger partial charge in [0.25, 0.3) is 0 Å². The maximum atomic E-state index is 12.9. The summed E-state index contributed by atoms with van der Waals surface area (Å²) in [6, 6.07) is 1.24. The van der Waals surface area contributed by atoms with Gasteiger partial charge in [-0.25, -0.2) is 13.9 Å². The molecule has 0 radical (unpaired) electrons. The Kier molecular flexibility index (Phi) is 30.6. The van der Waals surface area contributed by atoms with Crippen molar-refractivity contribution >= 4 is 33.4 Å². The van der Waals surface area contributed by atoms with Gasteiger partial charge in [0, 0.05) is 19.0 Å². The van der Waals surface area contributed by atoms with Crippen LogP contribution in [0.15, 0.2) is 90.0 Å². The second kappa shape index (κ2) is 35.3. The summed E-state index contributed by atoms with van der Waals surface area (Å²) in [6.45, 7) is 1.91. The molecule has 71 heavy (non-hydrogen) atoms. The molecular formula is C50H79N3O16P2. The molecule has 1 aromatic rings. The number of aliphatic hydroxyl groups excluding tert-OH is 2. The van der Waals surface area contributed by atoms with Crippen molar-refractivity contribution in [3.8, 4) is 0 Å². The second-order valence-corrected chi connectivity index (χ2v) is 20.4. The van der Waals surface area contributed by atoms with Crippen LogP contribution >= 0.6 is 15.6 Å². The summed E-state index contributed by atoms with van der Waals surface area (Å²) in [6.07, 6.45) is 35.7. The van der Waals surface area contributed by atoms with E-state index >= 15 is 0 Å². The quantitative estimate of drug-likeness (QED) is 0.0135. The molecule has 21 heteroatoms. The lowest BCUT2D eigenvalue weighted by atomic mass is 10.1.